The first-order valence-electron chi connectivity index (χ1n) is 22.7. The Balaban J connectivity index is 0.000000186. The Morgan fingerprint density at radius 1 is 0.582 bits per heavy atom. The molecule has 0 bridgehead atoms. The van der Waals surface area contributed by atoms with Crippen molar-refractivity contribution >= 4 is 46.5 Å². The summed E-state index contributed by atoms with van der Waals surface area (Å²) in [6.07, 6.45) is 17.6. The normalized spacial score (nSPS) is 18.9. The van der Waals surface area contributed by atoms with Gasteiger partial charge in [-0.1, -0.05) is 73.5 Å². The largest absolute Gasteiger partial charge is 0.469 e. The number of likely N-dealkylation sites (tertiary alicyclic amines) is 1. The van der Waals surface area contributed by atoms with Gasteiger partial charge in [-0.3, -0.25) is 24.1 Å². The molecular formula is C51H62ClN7O8. The Bertz CT molecular complexity index is 2310. The molecule has 0 N–H and O–H groups in total. The zero-order valence-corrected chi connectivity index (χ0v) is 39.8. The predicted octanol–water partition coefficient (Wildman–Crippen LogP) is 6.64. The SMILES string of the molecule is COCC1(C(=O)OC)CCCC1.COC[C@@]1(C(=O)OC)CCN(C(=O)CN2CC=C(c3ccc(-c4ncccn4)cc3)CC2)C1.O=C(CCl)N1CC=C(c2ccc(-c3ncccn3)cc2)CC1. The number of nitrogens with zero attached hydrogens (tertiary/aromatic N) is 7. The molecular weight excluding hydrogens is 874 g/mol. The number of esters is 2. The number of halogens is 1. The minimum atomic E-state index is -0.759. The lowest BCUT2D eigenvalue weighted by atomic mass is 9.87. The summed E-state index contributed by atoms with van der Waals surface area (Å²) in [4.78, 5) is 70.9. The number of carbonyl (C=O) groups excluding carboxylic acids is 4. The van der Waals surface area contributed by atoms with Crippen molar-refractivity contribution in [3.05, 3.63) is 109 Å². The number of alkyl halides is 1. The summed E-state index contributed by atoms with van der Waals surface area (Å²) >= 11 is 5.59. The number of rotatable bonds is 13. The molecule has 0 unspecified atom stereocenters. The Kier molecular flexibility index (Phi) is 18.7. The highest BCUT2D eigenvalue weighted by Gasteiger charge is 2.47. The van der Waals surface area contributed by atoms with Crippen LogP contribution in [0.1, 0.15) is 56.1 Å². The molecule has 1 saturated carbocycles. The van der Waals surface area contributed by atoms with Crippen LogP contribution in [-0.4, -0.2) is 152 Å². The quantitative estimate of drug-likeness (QED) is 0.104. The number of hydrogen-bond donors (Lipinski definition) is 0. The molecule has 0 spiro atoms. The first-order chi connectivity index (χ1) is 32.6. The average Bonchev–Trinajstić information content (AvgIpc) is 4.06. The molecule has 356 valence electrons. The molecule has 16 heteroatoms. The molecule has 3 aliphatic heterocycles. The Morgan fingerprint density at radius 2 is 1.06 bits per heavy atom. The molecule has 2 aromatic heterocycles. The summed E-state index contributed by atoms with van der Waals surface area (Å²) < 4.78 is 20.0. The second-order valence-corrected chi connectivity index (χ2v) is 17.4. The van der Waals surface area contributed by atoms with E-state index in [1.165, 1.54) is 36.5 Å². The van der Waals surface area contributed by atoms with Gasteiger partial charge in [0.2, 0.25) is 11.8 Å². The third kappa shape index (κ3) is 13.2. The van der Waals surface area contributed by atoms with E-state index < -0.39 is 5.41 Å². The van der Waals surface area contributed by atoms with Gasteiger partial charge >= 0.3 is 11.9 Å². The Hall–Kier alpha value is -5.87. The number of amides is 2. The van der Waals surface area contributed by atoms with E-state index in [1.807, 2.05) is 24.3 Å². The summed E-state index contributed by atoms with van der Waals surface area (Å²) in [6.45, 7) is 4.88. The standard InChI is InChI=1S/C25H30N4O4.C17H16ClN3O.C9H16O3/c1-32-18-25(24(31)33-2)10-15-29(17-25)22(30)16-28-13-8-20(9-14-28)19-4-6-21(7-5-19)23-26-11-3-12-27-23;18-12-16(22)21-10-6-14(7-11-21)13-2-4-15(5-3-13)17-19-8-1-9-20-17;1-11-7-9(8(10)12-2)5-3-4-6-9/h3-8,11-12H,9-10,13-18H2,1-2H3;1-6,8-9H,7,10-12H2;3-7H2,1-2H3/t25-;;/m1../s1. The molecule has 15 nitrogen and oxygen atoms in total. The van der Waals surface area contributed by atoms with Crippen LogP contribution in [0.5, 0.6) is 0 Å². The third-order valence-electron chi connectivity index (χ3n) is 12.8. The zero-order chi connectivity index (χ0) is 47.7. The fourth-order valence-corrected chi connectivity index (χ4v) is 9.26. The molecule has 2 fully saturated rings. The van der Waals surface area contributed by atoms with E-state index in [2.05, 4.69) is 61.3 Å². The maximum Gasteiger partial charge on any atom is 0.316 e. The monoisotopic (exact) mass is 935 g/mol. The van der Waals surface area contributed by atoms with Crippen LogP contribution in [0.2, 0.25) is 0 Å². The van der Waals surface area contributed by atoms with Crippen LogP contribution in [0.15, 0.2) is 97.6 Å². The van der Waals surface area contributed by atoms with Crippen molar-refractivity contribution in [2.75, 3.05) is 93.3 Å². The number of ether oxygens (including phenoxy) is 4. The van der Waals surface area contributed by atoms with E-state index in [-0.39, 0.29) is 41.7 Å². The van der Waals surface area contributed by atoms with E-state index in [4.69, 9.17) is 30.5 Å². The van der Waals surface area contributed by atoms with Crippen molar-refractivity contribution < 1.29 is 38.1 Å². The minimum Gasteiger partial charge on any atom is -0.469 e. The van der Waals surface area contributed by atoms with Crippen LogP contribution in [0.4, 0.5) is 0 Å². The minimum absolute atomic E-state index is 0.00598. The molecule has 1 aliphatic carbocycles. The summed E-state index contributed by atoms with van der Waals surface area (Å²) in [7, 11) is 6.02. The van der Waals surface area contributed by atoms with Crippen molar-refractivity contribution in [3.8, 4) is 22.8 Å². The van der Waals surface area contributed by atoms with Crippen molar-refractivity contribution in [2.45, 2.75) is 44.9 Å². The summed E-state index contributed by atoms with van der Waals surface area (Å²) in [5.74, 6) is 1.11. The van der Waals surface area contributed by atoms with Gasteiger partial charge in [-0.2, -0.15) is 0 Å². The summed E-state index contributed by atoms with van der Waals surface area (Å²) in [5, 5.41) is 0. The van der Waals surface area contributed by atoms with Crippen LogP contribution in [0.3, 0.4) is 0 Å². The number of carbonyl (C=O) groups is 4. The maximum atomic E-state index is 12.9. The van der Waals surface area contributed by atoms with E-state index in [1.54, 1.807) is 60.9 Å². The van der Waals surface area contributed by atoms with Crippen molar-refractivity contribution in [3.63, 3.8) is 0 Å². The first kappa shape index (κ1) is 50.5. The van der Waals surface area contributed by atoms with E-state index in [9.17, 15) is 19.2 Å². The van der Waals surface area contributed by atoms with Crippen LogP contribution in [0.25, 0.3) is 33.9 Å². The zero-order valence-electron chi connectivity index (χ0n) is 39.0. The van der Waals surface area contributed by atoms with E-state index in [0.29, 0.717) is 39.2 Å². The molecule has 8 rings (SSSR count). The highest BCUT2D eigenvalue weighted by atomic mass is 35.5. The van der Waals surface area contributed by atoms with E-state index >= 15 is 0 Å². The molecule has 4 aliphatic rings. The van der Waals surface area contributed by atoms with Gasteiger partial charge in [-0.05, 0) is 66.5 Å². The highest BCUT2D eigenvalue weighted by Crippen LogP contribution is 2.39. The lowest BCUT2D eigenvalue weighted by molar-refractivity contribution is -0.156. The van der Waals surface area contributed by atoms with Gasteiger partial charge in [0, 0.05) is 89.4 Å². The number of hydrogen-bond acceptors (Lipinski definition) is 13. The topological polar surface area (TPSA) is 166 Å². The molecule has 5 heterocycles. The summed E-state index contributed by atoms with van der Waals surface area (Å²) in [6, 6.07) is 20.1. The van der Waals surface area contributed by atoms with Gasteiger partial charge in [0.05, 0.1) is 39.4 Å². The molecule has 4 aromatic rings. The third-order valence-corrected chi connectivity index (χ3v) is 13.1. The van der Waals surface area contributed by atoms with Gasteiger partial charge < -0.3 is 28.7 Å². The van der Waals surface area contributed by atoms with Crippen LogP contribution < -0.4 is 0 Å². The lowest BCUT2D eigenvalue weighted by Gasteiger charge is -2.29. The van der Waals surface area contributed by atoms with Crippen molar-refractivity contribution in [1.29, 1.82) is 0 Å². The second kappa shape index (κ2) is 24.8. The maximum absolute atomic E-state index is 12.9. The molecule has 67 heavy (non-hydrogen) atoms. The van der Waals surface area contributed by atoms with Gasteiger partial charge in [0.1, 0.15) is 11.3 Å². The summed E-state index contributed by atoms with van der Waals surface area (Å²) in [5.41, 5.74) is 5.81. The lowest BCUT2D eigenvalue weighted by Crippen LogP contribution is -2.44. The van der Waals surface area contributed by atoms with Crippen molar-refractivity contribution in [1.82, 2.24) is 34.6 Å². The van der Waals surface area contributed by atoms with Crippen LogP contribution >= 0.6 is 11.6 Å². The first-order valence-corrected chi connectivity index (χ1v) is 23.2. The van der Waals surface area contributed by atoms with Gasteiger partial charge in [0.25, 0.3) is 0 Å². The smallest absolute Gasteiger partial charge is 0.316 e. The van der Waals surface area contributed by atoms with Crippen molar-refractivity contribution in [2.24, 2.45) is 10.8 Å². The fourth-order valence-electron chi connectivity index (χ4n) is 9.09. The number of aromatic nitrogens is 4. The van der Waals surface area contributed by atoms with Crippen LogP contribution in [-0.2, 0) is 38.1 Å². The predicted molar refractivity (Wildman–Crippen MR) is 256 cm³/mol. The van der Waals surface area contributed by atoms with Gasteiger partial charge in [-0.15, -0.1) is 11.6 Å². The Labute approximate surface area is 398 Å². The molecule has 0 radical (unpaired) electrons. The highest BCUT2D eigenvalue weighted by molar-refractivity contribution is 6.27. The molecule has 1 saturated heterocycles. The number of methoxy groups -OCH3 is 4. The average molecular weight is 937 g/mol. The fraction of sp³-hybridized carbons (Fsp3) is 0.451. The molecule has 2 aromatic carbocycles. The van der Waals surface area contributed by atoms with Gasteiger partial charge in [-0.25, -0.2) is 19.9 Å². The van der Waals surface area contributed by atoms with E-state index in [0.717, 1.165) is 80.9 Å². The van der Waals surface area contributed by atoms with Gasteiger partial charge in [0.15, 0.2) is 11.6 Å². The second-order valence-electron chi connectivity index (χ2n) is 17.1. The molecule has 1 atom stereocenters. The number of benzene rings is 2. The van der Waals surface area contributed by atoms with Crippen LogP contribution in [0, 0.1) is 10.8 Å². The Morgan fingerprint density at radius 3 is 1.51 bits per heavy atom. The molecule has 2 amide bonds.